The molecule has 0 amide bonds. The summed E-state index contributed by atoms with van der Waals surface area (Å²) in [5.74, 6) is 7.03. The molecule has 1 saturated carbocycles. The van der Waals surface area contributed by atoms with Gasteiger partial charge in [-0.3, -0.25) is 4.90 Å². The highest BCUT2D eigenvalue weighted by molar-refractivity contribution is 5.85. The van der Waals surface area contributed by atoms with Gasteiger partial charge in [0.15, 0.2) is 6.61 Å². The van der Waals surface area contributed by atoms with Gasteiger partial charge in [-0.2, -0.15) is 0 Å². The molecule has 1 unspecified atom stereocenters. The molecule has 28 heavy (non-hydrogen) atoms. The summed E-state index contributed by atoms with van der Waals surface area (Å²) in [6.07, 6.45) is 1.36. The van der Waals surface area contributed by atoms with Gasteiger partial charge >= 0.3 is 5.97 Å². The number of nitrogens with zero attached hydrogens (tertiary/aromatic N) is 1. The van der Waals surface area contributed by atoms with Gasteiger partial charge in [0, 0.05) is 12.6 Å². The van der Waals surface area contributed by atoms with Gasteiger partial charge in [-0.05, 0) is 36.3 Å². The molecular formula is C24H25NO3. The lowest BCUT2D eigenvalue weighted by Gasteiger charge is -2.26. The number of carbonyl (C=O) groups is 1. The van der Waals surface area contributed by atoms with Gasteiger partial charge in [-0.25, -0.2) is 4.79 Å². The van der Waals surface area contributed by atoms with Crippen LogP contribution in [0.5, 0.6) is 0 Å². The minimum absolute atomic E-state index is 0.0319. The van der Waals surface area contributed by atoms with Crippen molar-refractivity contribution in [3.05, 3.63) is 71.8 Å². The smallest absolute Gasteiger partial charge is 0.348 e. The molecule has 3 atom stereocenters. The number of hydrogen-bond acceptors (Lipinski definition) is 4. The fourth-order valence-corrected chi connectivity index (χ4v) is 4.19. The van der Waals surface area contributed by atoms with E-state index in [1.165, 1.54) is 6.42 Å². The van der Waals surface area contributed by atoms with Crippen LogP contribution in [0.15, 0.2) is 60.7 Å². The Labute approximate surface area is 166 Å². The topological polar surface area (TPSA) is 49.8 Å². The van der Waals surface area contributed by atoms with Crippen molar-refractivity contribution in [3.63, 3.8) is 0 Å². The molecule has 0 spiro atoms. The minimum atomic E-state index is -1.85. The van der Waals surface area contributed by atoms with Crippen LogP contribution in [-0.2, 0) is 15.1 Å². The van der Waals surface area contributed by atoms with Crippen LogP contribution in [-0.4, -0.2) is 41.7 Å². The molecule has 1 saturated heterocycles. The summed E-state index contributed by atoms with van der Waals surface area (Å²) in [4.78, 5) is 15.2. The summed E-state index contributed by atoms with van der Waals surface area (Å²) in [6.45, 7) is 4.06. The van der Waals surface area contributed by atoms with E-state index in [1.807, 2.05) is 12.1 Å². The Hall–Kier alpha value is -2.61. The van der Waals surface area contributed by atoms with Crippen LogP contribution in [0.4, 0.5) is 0 Å². The standard InChI is InChI=1S/C24H25NO3/c1-18-22-16-19(22)17-25(18)14-8-9-15-28-23(26)24(27,20-10-4-2-5-11-20)21-12-6-3-7-13-21/h2-7,10-13,18-19,22,27H,14-17H2,1H3/t18?,19-,22+/m0/s1. The predicted octanol–water partition coefficient (Wildman–Crippen LogP) is 2.81. The Kier molecular flexibility index (Phi) is 5.21. The van der Waals surface area contributed by atoms with Crippen LogP contribution in [0.3, 0.4) is 0 Å². The minimum Gasteiger partial charge on any atom is -0.450 e. The van der Waals surface area contributed by atoms with Crippen molar-refractivity contribution >= 4 is 5.97 Å². The number of rotatable bonds is 5. The number of hydrogen-bond donors (Lipinski definition) is 1. The average Bonchev–Trinajstić information content (AvgIpc) is 3.45. The maximum absolute atomic E-state index is 12.8. The summed E-state index contributed by atoms with van der Waals surface area (Å²) in [6, 6.07) is 18.3. The number of esters is 1. The molecule has 144 valence electrons. The number of carbonyl (C=O) groups excluding carboxylic acids is 1. The number of likely N-dealkylation sites (tertiary alicyclic amines) is 1. The number of piperidine rings is 1. The van der Waals surface area contributed by atoms with E-state index >= 15 is 0 Å². The third-order valence-corrected chi connectivity index (χ3v) is 6.00. The number of ether oxygens (including phenoxy) is 1. The molecule has 1 N–H and O–H groups in total. The third kappa shape index (κ3) is 3.56. The zero-order valence-corrected chi connectivity index (χ0v) is 16.0. The van der Waals surface area contributed by atoms with Crippen LogP contribution < -0.4 is 0 Å². The molecule has 4 rings (SSSR count). The van der Waals surface area contributed by atoms with Crippen molar-refractivity contribution in [1.82, 2.24) is 4.90 Å². The van der Waals surface area contributed by atoms with Crippen molar-refractivity contribution in [3.8, 4) is 11.8 Å². The van der Waals surface area contributed by atoms with E-state index in [4.69, 9.17) is 4.74 Å². The fraction of sp³-hybridized carbons (Fsp3) is 0.375. The van der Waals surface area contributed by atoms with Gasteiger partial charge in [0.2, 0.25) is 5.60 Å². The Morgan fingerprint density at radius 1 is 1.11 bits per heavy atom. The summed E-state index contributed by atoms with van der Waals surface area (Å²) >= 11 is 0. The first-order valence-electron chi connectivity index (χ1n) is 9.81. The molecule has 1 heterocycles. The van der Waals surface area contributed by atoms with E-state index in [2.05, 4.69) is 23.7 Å². The first-order valence-corrected chi connectivity index (χ1v) is 9.81. The quantitative estimate of drug-likeness (QED) is 0.645. The van der Waals surface area contributed by atoms with Crippen LogP contribution in [0.25, 0.3) is 0 Å². The lowest BCUT2D eigenvalue weighted by atomic mass is 9.86. The number of benzene rings is 2. The maximum atomic E-state index is 12.8. The van der Waals surface area contributed by atoms with Gasteiger partial charge < -0.3 is 9.84 Å². The highest BCUT2D eigenvalue weighted by atomic mass is 16.5. The van der Waals surface area contributed by atoms with E-state index in [-0.39, 0.29) is 6.61 Å². The molecule has 2 fully saturated rings. The highest BCUT2D eigenvalue weighted by Crippen LogP contribution is 2.48. The zero-order chi connectivity index (χ0) is 19.6. The second-order valence-electron chi connectivity index (χ2n) is 7.70. The van der Waals surface area contributed by atoms with Gasteiger partial charge in [-0.15, -0.1) is 0 Å². The van der Waals surface area contributed by atoms with Crippen molar-refractivity contribution < 1.29 is 14.6 Å². The average molecular weight is 375 g/mol. The molecule has 1 aliphatic heterocycles. The molecule has 0 bridgehead atoms. The third-order valence-electron chi connectivity index (χ3n) is 6.00. The van der Waals surface area contributed by atoms with E-state index in [9.17, 15) is 9.90 Å². The van der Waals surface area contributed by atoms with E-state index in [0.29, 0.717) is 23.7 Å². The maximum Gasteiger partial charge on any atom is 0.348 e. The highest BCUT2D eigenvalue weighted by Gasteiger charge is 2.49. The van der Waals surface area contributed by atoms with Crippen molar-refractivity contribution in [1.29, 1.82) is 0 Å². The molecule has 2 aliphatic rings. The summed E-state index contributed by atoms with van der Waals surface area (Å²) in [5, 5.41) is 11.3. The number of fused-ring (bicyclic) bond motifs is 1. The molecular weight excluding hydrogens is 350 g/mol. The molecule has 2 aromatic rings. The Balaban J connectivity index is 1.42. The zero-order valence-electron chi connectivity index (χ0n) is 16.0. The normalized spacial score (nSPS) is 23.4. The van der Waals surface area contributed by atoms with E-state index in [1.54, 1.807) is 48.5 Å². The SMILES string of the molecule is CC1[C@H]2C[C@H]2CN1CC#CCOC(=O)C(O)(c1ccccc1)c1ccccc1. The van der Waals surface area contributed by atoms with Crippen molar-refractivity contribution in [2.75, 3.05) is 19.7 Å². The van der Waals surface area contributed by atoms with Crippen molar-refractivity contribution in [2.45, 2.75) is 25.0 Å². The Morgan fingerprint density at radius 2 is 1.71 bits per heavy atom. The Bertz CT molecular complexity index is 845. The first kappa shape index (κ1) is 18.7. The summed E-state index contributed by atoms with van der Waals surface area (Å²) in [7, 11) is 0. The largest absolute Gasteiger partial charge is 0.450 e. The molecule has 2 aromatic carbocycles. The van der Waals surface area contributed by atoms with Gasteiger partial charge in [0.1, 0.15) is 0 Å². The molecule has 4 heteroatoms. The molecule has 4 nitrogen and oxygen atoms in total. The van der Waals surface area contributed by atoms with Gasteiger partial charge in [-0.1, -0.05) is 72.5 Å². The molecule has 0 aromatic heterocycles. The van der Waals surface area contributed by atoms with Gasteiger partial charge in [0.25, 0.3) is 0 Å². The van der Waals surface area contributed by atoms with Gasteiger partial charge in [0.05, 0.1) is 6.54 Å². The van der Waals surface area contributed by atoms with E-state index in [0.717, 1.165) is 18.4 Å². The summed E-state index contributed by atoms with van der Waals surface area (Å²) in [5.41, 5.74) is -0.900. The molecule has 1 aliphatic carbocycles. The second-order valence-corrected chi connectivity index (χ2v) is 7.70. The van der Waals surface area contributed by atoms with Crippen LogP contribution in [0.1, 0.15) is 24.5 Å². The predicted molar refractivity (Wildman–Crippen MR) is 107 cm³/mol. The van der Waals surface area contributed by atoms with Crippen LogP contribution in [0, 0.1) is 23.7 Å². The van der Waals surface area contributed by atoms with Crippen LogP contribution in [0.2, 0.25) is 0 Å². The van der Waals surface area contributed by atoms with Crippen molar-refractivity contribution in [2.24, 2.45) is 11.8 Å². The monoisotopic (exact) mass is 375 g/mol. The lowest BCUT2D eigenvalue weighted by Crippen LogP contribution is -2.38. The van der Waals surface area contributed by atoms with E-state index < -0.39 is 11.6 Å². The summed E-state index contributed by atoms with van der Waals surface area (Å²) < 4.78 is 5.36. The fourth-order valence-electron chi connectivity index (χ4n) is 4.19. The lowest BCUT2D eigenvalue weighted by molar-refractivity contribution is -0.160. The second kappa shape index (κ2) is 7.79. The first-order chi connectivity index (χ1) is 13.6. The molecule has 0 radical (unpaired) electrons. The van der Waals surface area contributed by atoms with Crippen LogP contribution >= 0.6 is 0 Å². The number of aliphatic hydroxyl groups is 1. The Morgan fingerprint density at radius 3 is 2.25 bits per heavy atom.